The molecule has 0 saturated carbocycles. The predicted octanol–water partition coefficient (Wildman–Crippen LogP) is -1.15. The van der Waals surface area contributed by atoms with Crippen molar-refractivity contribution in [2.24, 2.45) is 0 Å². The third kappa shape index (κ3) is 42.6. The fourth-order valence-electron chi connectivity index (χ4n) is 0. The summed E-state index contributed by atoms with van der Waals surface area (Å²) in [6.07, 6.45) is 0. The van der Waals surface area contributed by atoms with Crippen molar-refractivity contribution in [3.05, 3.63) is 0 Å². The van der Waals surface area contributed by atoms with Crippen LogP contribution in [0.3, 0.4) is 0 Å². The first-order valence-electron chi connectivity index (χ1n) is 0. The second kappa shape index (κ2) is 55.7. The molecule has 0 unspecified atom stereocenters. The Bertz CT molecular complexity index is 7.64. The van der Waals surface area contributed by atoms with E-state index in [0.717, 1.165) is 0 Å². The van der Waals surface area contributed by atoms with Crippen LogP contribution >= 0.6 is 0 Å². The Hall–Kier alpha value is 5.33. The molecular weight excluding hydrogens is 1120 g/mol. The van der Waals surface area contributed by atoms with Crippen molar-refractivity contribution in [3.8, 4) is 0 Å². The van der Waals surface area contributed by atoms with Crippen LogP contribution in [0.25, 0.3) is 0 Å². The summed E-state index contributed by atoms with van der Waals surface area (Å²) >= 11 is 0. The smallest absolute Gasteiger partial charge is 0 e. The summed E-state index contributed by atoms with van der Waals surface area (Å²) < 4.78 is 0. The Morgan fingerprint density at radius 3 is 0.250 bits per heavy atom. The molecule has 0 aliphatic heterocycles. The molecule has 0 atom stereocenters. The van der Waals surface area contributed by atoms with Crippen molar-refractivity contribution in [1.29, 1.82) is 0 Å². The van der Waals surface area contributed by atoms with Gasteiger partial charge in [0.25, 0.3) is 0 Å². The molecule has 0 aliphatic carbocycles. The first-order chi connectivity index (χ1) is 0. The van der Waals surface area contributed by atoms with Gasteiger partial charge in [0.1, 0.15) is 0 Å². The molecule has 37 valence electrons. The summed E-state index contributed by atoms with van der Waals surface area (Å²) in [4.78, 5) is 0. The minimum Gasteiger partial charge on any atom is 0 e. The first-order valence-corrected chi connectivity index (χ1v) is 0. The van der Waals surface area contributed by atoms with Crippen molar-refractivity contribution in [2.45, 2.75) is 0 Å². The molecule has 8 heteroatoms. The van der Waals surface area contributed by atoms with E-state index in [2.05, 4.69) is 0 Å². The predicted molar refractivity (Wildman–Crippen MR) is 17.3 cm³/mol. The monoisotopic (exact) mass is 1130 g/mol. The zero-order chi connectivity index (χ0) is 0. The van der Waals surface area contributed by atoms with Crippen LogP contribution in [0.5, 0.6) is 0 Å². The second-order valence-electron chi connectivity index (χ2n) is 0. The molecule has 0 spiro atoms. The summed E-state index contributed by atoms with van der Waals surface area (Å²) in [5.41, 5.74) is 0. The quantitative estimate of drug-likeness (QED) is 0.270. The van der Waals surface area contributed by atoms with Crippen molar-refractivity contribution in [1.82, 2.24) is 0 Å². The van der Waals surface area contributed by atoms with Crippen LogP contribution in [0.4, 0.5) is 0 Å². The number of hydrogen-bond donors (Lipinski definition) is 0. The van der Waals surface area contributed by atoms with Gasteiger partial charge in [0.15, 0.2) is 0 Å². The minimum absolute atomic E-state index is 0. The van der Waals surface area contributed by atoms with Gasteiger partial charge in [-0.25, -0.2) is 0 Å². The number of hydrogen-bond acceptors (Lipinski definition) is 0. The summed E-state index contributed by atoms with van der Waals surface area (Å²) in [6.45, 7) is 0. The molecule has 0 aromatic rings. The minimum atomic E-state index is 0. The van der Waals surface area contributed by atoms with Crippen LogP contribution < -0.4 is 0 Å². The maximum Gasteiger partial charge on any atom is 0 e. The van der Waals surface area contributed by atoms with Gasteiger partial charge in [-0.05, 0) is 0 Å². The van der Waals surface area contributed by atoms with Crippen LogP contribution in [0.2, 0.25) is 0 Å². The van der Waals surface area contributed by atoms with Crippen LogP contribution in [0, 0.1) is 0 Å². The van der Waals surface area contributed by atoms with Gasteiger partial charge < -0.3 is 0 Å². The van der Waals surface area contributed by atoms with Crippen molar-refractivity contribution in [2.75, 3.05) is 0 Å². The van der Waals surface area contributed by atoms with E-state index in [1.165, 1.54) is 0 Å². The van der Waals surface area contributed by atoms with E-state index in [1.54, 1.807) is 0 Å². The Balaban J connectivity index is 0. The van der Waals surface area contributed by atoms with Gasteiger partial charge in [-0.3, -0.25) is 0 Å². The zero-order valence-corrected chi connectivity index (χ0v) is 26.1. The van der Waals surface area contributed by atoms with E-state index in [4.69, 9.17) is 0 Å². The first kappa shape index (κ1) is 71.3. The molecule has 0 fully saturated rings. The molecule has 17 radical (unpaired) electrons. The molecule has 8 heavy (non-hydrogen) atoms. The van der Waals surface area contributed by atoms with Crippen LogP contribution in [-0.2, 0) is 112 Å². The molecular formula is Ge3Ta5. The molecule has 0 aromatic carbocycles. The van der Waals surface area contributed by atoms with E-state index in [0.29, 0.717) is 0 Å². The second-order valence-corrected chi connectivity index (χ2v) is 0. The largest absolute Gasteiger partial charge is 0 e. The van der Waals surface area contributed by atoms with Crippen LogP contribution in [0.1, 0.15) is 0 Å². The van der Waals surface area contributed by atoms with Crippen LogP contribution in [0.15, 0.2) is 0 Å². The van der Waals surface area contributed by atoms with Gasteiger partial charge in [-0.2, -0.15) is 0 Å². The Kier molecular flexibility index (Phi) is 497. The third-order valence-electron chi connectivity index (χ3n) is 0. The Morgan fingerprint density at radius 2 is 0.250 bits per heavy atom. The summed E-state index contributed by atoms with van der Waals surface area (Å²) in [6, 6.07) is 0. The molecule has 0 bridgehead atoms. The summed E-state index contributed by atoms with van der Waals surface area (Å²) in [7, 11) is 0. The van der Waals surface area contributed by atoms with E-state index in [9.17, 15) is 0 Å². The average molecular weight is 1120 g/mol. The summed E-state index contributed by atoms with van der Waals surface area (Å²) in [5.74, 6) is 0. The van der Waals surface area contributed by atoms with E-state index < -0.39 is 0 Å². The molecule has 0 N–H and O–H groups in total. The molecule has 0 aromatic heterocycles. The SMILES string of the molecule is [Ge].[Ge].[Ge].[Ta].[Ta].[Ta].[Ta].[Ta]. The van der Waals surface area contributed by atoms with Crippen LogP contribution in [-0.4, -0.2) is 52.8 Å². The third-order valence-corrected chi connectivity index (χ3v) is 0. The molecule has 0 amide bonds. The fourth-order valence-corrected chi connectivity index (χ4v) is 0. The van der Waals surface area contributed by atoms with Gasteiger partial charge in [0.2, 0.25) is 0 Å². The van der Waals surface area contributed by atoms with Gasteiger partial charge in [0, 0.05) is 165 Å². The van der Waals surface area contributed by atoms with Gasteiger partial charge >= 0.3 is 0 Å². The zero-order valence-electron chi connectivity index (χ0n) is 3.74. The molecule has 0 nitrogen and oxygen atoms in total. The summed E-state index contributed by atoms with van der Waals surface area (Å²) in [5, 5.41) is 0. The van der Waals surface area contributed by atoms with Gasteiger partial charge in [-0.15, -0.1) is 0 Å². The molecule has 0 rings (SSSR count). The van der Waals surface area contributed by atoms with E-state index in [-0.39, 0.29) is 165 Å². The van der Waals surface area contributed by atoms with Crippen molar-refractivity contribution >= 4 is 52.8 Å². The van der Waals surface area contributed by atoms with Crippen molar-refractivity contribution < 1.29 is 112 Å². The molecule has 0 aliphatic rings. The van der Waals surface area contributed by atoms with Gasteiger partial charge in [0.05, 0.1) is 0 Å². The Labute approximate surface area is 161 Å². The number of rotatable bonds is 0. The van der Waals surface area contributed by atoms with Crippen molar-refractivity contribution in [3.63, 3.8) is 0 Å². The van der Waals surface area contributed by atoms with Gasteiger partial charge in [-0.1, -0.05) is 0 Å². The van der Waals surface area contributed by atoms with E-state index >= 15 is 0 Å². The standard InChI is InChI=1S/3Ge.5Ta. The van der Waals surface area contributed by atoms with E-state index in [1.807, 2.05) is 0 Å². The Morgan fingerprint density at radius 1 is 0.250 bits per heavy atom. The maximum atomic E-state index is 0. The molecule has 0 heterocycles. The average Bonchev–Trinajstić information content (AvgIpc) is 0. The maximum absolute atomic E-state index is 0. The fraction of sp³-hybridized carbons (Fsp3) is 0. The molecule has 0 saturated heterocycles. The topological polar surface area (TPSA) is 0 Å². The normalized spacial score (nSPS) is 0.